The van der Waals surface area contributed by atoms with Crippen molar-refractivity contribution in [2.45, 2.75) is 18.3 Å². The number of carbonyl (C=O) groups is 2. The summed E-state index contributed by atoms with van der Waals surface area (Å²) in [7, 11) is 1.55. The highest BCUT2D eigenvalue weighted by atomic mass is 79.9. The van der Waals surface area contributed by atoms with Crippen molar-refractivity contribution in [3.63, 3.8) is 0 Å². The second-order valence-corrected chi connectivity index (χ2v) is 8.20. The van der Waals surface area contributed by atoms with Crippen LogP contribution in [0.5, 0.6) is 11.5 Å². The highest BCUT2D eigenvalue weighted by molar-refractivity contribution is 9.10. The van der Waals surface area contributed by atoms with Crippen molar-refractivity contribution in [1.82, 2.24) is 5.32 Å². The molecule has 1 heterocycles. The van der Waals surface area contributed by atoms with Crippen LogP contribution in [-0.4, -0.2) is 40.7 Å². The average Bonchev–Trinajstić information content (AvgIpc) is 3.06. The third-order valence-electron chi connectivity index (χ3n) is 3.97. The summed E-state index contributed by atoms with van der Waals surface area (Å²) in [6, 6.07) is 13.3. The summed E-state index contributed by atoms with van der Waals surface area (Å²) in [6.07, 6.45) is 1.23. The number of hydrogen-bond acceptors (Lipinski definition) is 7. The minimum atomic E-state index is -1.04. The van der Waals surface area contributed by atoms with Gasteiger partial charge in [-0.05, 0) is 39.2 Å². The normalized spacial score (nSPS) is 17.3. The Bertz CT molecular complexity index is 997. The highest BCUT2D eigenvalue weighted by Gasteiger charge is 2.32. The highest BCUT2D eigenvalue weighted by Crippen LogP contribution is 2.37. The molecule has 0 radical (unpaired) electrons. The van der Waals surface area contributed by atoms with Gasteiger partial charge in [-0.1, -0.05) is 42.1 Å². The van der Waals surface area contributed by atoms with Crippen LogP contribution < -0.4 is 14.8 Å². The predicted molar refractivity (Wildman–Crippen MR) is 118 cm³/mol. The third kappa shape index (κ3) is 5.83. The standard InChI is InChI=1S/C20H18BrN3O5S/c1-28-15-8-13(7-14(21)18(15)29-11-12-5-3-2-4-6-12)10-22-24-20-23-19(27)16(30-20)9-17(25)26/h2-8,10,16H,9,11H2,1H3,(H,25,26)(H,23,24,27)/b22-10-/t16-/m1/s1. The lowest BCUT2D eigenvalue weighted by atomic mass is 10.2. The van der Waals surface area contributed by atoms with E-state index in [2.05, 4.69) is 31.4 Å². The van der Waals surface area contributed by atoms with Crippen molar-refractivity contribution in [1.29, 1.82) is 0 Å². The van der Waals surface area contributed by atoms with Gasteiger partial charge in [0.1, 0.15) is 11.9 Å². The number of ether oxygens (including phenoxy) is 2. The van der Waals surface area contributed by atoms with Gasteiger partial charge in [-0.25, -0.2) is 0 Å². The first-order chi connectivity index (χ1) is 14.5. The number of thioether (sulfide) groups is 1. The largest absolute Gasteiger partial charge is 0.493 e. The van der Waals surface area contributed by atoms with Gasteiger partial charge >= 0.3 is 5.97 Å². The molecule has 1 aliphatic heterocycles. The molecule has 3 rings (SSSR count). The van der Waals surface area contributed by atoms with Gasteiger partial charge in [-0.2, -0.15) is 5.10 Å². The average molecular weight is 492 g/mol. The van der Waals surface area contributed by atoms with Crippen LogP contribution in [0.15, 0.2) is 57.1 Å². The van der Waals surface area contributed by atoms with Gasteiger partial charge in [-0.15, -0.1) is 5.10 Å². The van der Waals surface area contributed by atoms with E-state index in [-0.39, 0.29) is 17.5 Å². The number of rotatable bonds is 8. The molecule has 8 nitrogen and oxygen atoms in total. The number of carboxylic acid groups (broad SMARTS) is 1. The van der Waals surface area contributed by atoms with E-state index in [4.69, 9.17) is 14.6 Å². The second-order valence-electron chi connectivity index (χ2n) is 6.15. The zero-order valence-electron chi connectivity index (χ0n) is 15.9. The Balaban J connectivity index is 1.69. The van der Waals surface area contributed by atoms with Crippen LogP contribution in [0.4, 0.5) is 0 Å². The monoisotopic (exact) mass is 491 g/mol. The molecule has 0 bridgehead atoms. The van der Waals surface area contributed by atoms with Crippen LogP contribution in [0.2, 0.25) is 0 Å². The lowest BCUT2D eigenvalue weighted by Crippen LogP contribution is -2.26. The van der Waals surface area contributed by atoms with Crippen LogP contribution in [-0.2, 0) is 16.2 Å². The van der Waals surface area contributed by atoms with Crippen molar-refractivity contribution in [2.24, 2.45) is 10.2 Å². The summed E-state index contributed by atoms with van der Waals surface area (Å²) in [4.78, 5) is 22.5. The zero-order valence-corrected chi connectivity index (χ0v) is 18.3. The summed E-state index contributed by atoms with van der Waals surface area (Å²) >= 11 is 4.53. The fourth-order valence-corrected chi connectivity index (χ4v) is 4.07. The summed E-state index contributed by atoms with van der Waals surface area (Å²) in [5.74, 6) is -0.334. The van der Waals surface area contributed by atoms with E-state index in [1.54, 1.807) is 19.2 Å². The Kier molecular flexibility index (Phi) is 7.47. The predicted octanol–water partition coefficient (Wildman–Crippen LogP) is 3.43. The van der Waals surface area contributed by atoms with Crippen LogP contribution >= 0.6 is 27.7 Å². The van der Waals surface area contributed by atoms with Gasteiger partial charge in [0.25, 0.3) is 0 Å². The summed E-state index contributed by atoms with van der Waals surface area (Å²) in [5, 5.41) is 18.8. The fourth-order valence-electron chi connectivity index (χ4n) is 2.58. The molecular formula is C20H18BrN3O5S. The van der Waals surface area contributed by atoms with Gasteiger partial charge < -0.3 is 19.9 Å². The van der Waals surface area contributed by atoms with Crippen molar-refractivity contribution < 1.29 is 24.2 Å². The van der Waals surface area contributed by atoms with Crippen LogP contribution in [0.25, 0.3) is 0 Å². The SMILES string of the molecule is COc1cc(/C=N\N=C2\NC(=O)[C@@H](CC(=O)O)S2)cc(Br)c1OCc1ccccc1. The molecular weight excluding hydrogens is 474 g/mol. The number of benzene rings is 2. The van der Waals surface area contributed by atoms with Crippen molar-refractivity contribution >= 4 is 51.0 Å². The van der Waals surface area contributed by atoms with Crippen LogP contribution in [0.1, 0.15) is 17.5 Å². The Hall–Kier alpha value is -2.85. The smallest absolute Gasteiger partial charge is 0.305 e. The third-order valence-corrected chi connectivity index (χ3v) is 5.63. The first kappa shape index (κ1) is 21.8. The zero-order chi connectivity index (χ0) is 21.5. The Labute approximate surface area is 185 Å². The molecule has 1 amide bonds. The van der Waals surface area contributed by atoms with E-state index in [0.29, 0.717) is 28.1 Å². The van der Waals surface area contributed by atoms with Gasteiger partial charge in [0.2, 0.25) is 5.91 Å². The van der Waals surface area contributed by atoms with Crippen molar-refractivity contribution in [3.05, 3.63) is 58.1 Å². The number of amides is 1. The van der Waals surface area contributed by atoms with Crippen LogP contribution in [0.3, 0.4) is 0 Å². The number of carbonyl (C=O) groups excluding carboxylic acids is 1. The molecule has 0 spiro atoms. The first-order valence-electron chi connectivity index (χ1n) is 8.81. The maximum Gasteiger partial charge on any atom is 0.305 e. The van der Waals surface area contributed by atoms with E-state index >= 15 is 0 Å². The second kappa shape index (κ2) is 10.3. The summed E-state index contributed by atoms with van der Waals surface area (Å²) in [6.45, 7) is 0.394. The number of hydrogen-bond donors (Lipinski definition) is 2. The molecule has 2 N–H and O–H groups in total. The molecule has 1 aliphatic rings. The number of carboxylic acids is 1. The van der Waals surface area contributed by atoms with Crippen molar-refractivity contribution in [2.75, 3.05) is 7.11 Å². The molecule has 2 aromatic carbocycles. The molecule has 0 aliphatic carbocycles. The minimum Gasteiger partial charge on any atom is -0.493 e. The molecule has 0 aromatic heterocycles. The molecule has 1 atom stereocenters. The minimum absolute atomic E-state index is 0.261. The lowest BCUT2D eigenvalue weighted by Gasteiger charge is -2.13. The maximum atomic E-state index is 11.7. The van der Waals surface area contributed by atoms with Gasteiger partial charge in [-0.3, -0.25) is 9.59 Å². The quantitative estimate of drug-likeness (QED) is 0.432. The maximum absolute atomic E-state index is 11.7. The molecule has 156 valence electrons. The van der Waals surface area contributed by atoms with E-state index in [1.807, 2.05) is 30.3 Å². The summed E-state index contributed by atoms with van der Waals surface area (Å²) in [5.41, 5.74) is 1.73. The molecule has 2 aromatic rings. The number of nitrogens with one attached hydrogen (secondary N) is 1. The topological polar surface area (TPSA) is 110 Å². The van der Waals surface area contributed by atoms with E-state index in [0.717, 1.165) is 17.3 Å². The Morgan fingerprint density at radius 1 is 1.33 bits per heavy atom. The Morgan fingerprint density at radius 2 is 2.10 bits per heavy atom. The number of nitrogens with zero attached hydrogens (tertiary/aromatic N) is 2. The first-order valence-corrected chi connectivity index (χ1v) is 10.5. The number of aliphatic carboxylic acids is 1. The van der Waals surface area contributed by atoms with Gasteiger partial charge in [0.05, 0.1) is 24.2 Å². The number of amidine groups is 1. The lowest BCUT2D eigenvalue weighted by molar-refractivity contribution is -0.138. The van der Waals surface area contributed by atoms with Crippen LogP contribution in [0, 0.1) is 0 Å². The number of halogens is 1. The molecule has 0 saturated carbocycles. The van der Waals surface area contributed by atoms with E-state index in [1.165, 1.54) is 6.21 Å². The molecule has 1 fully saturated rings. The summed E-state index contributed by atoms with van der Waals surface area (Å²) < 4.78 is 12.0. The van der Waals surface area contributed by atoms with Gasteiger partial charge in [0, 0.05) is 0 Å². The Morgan fingerprint density at radius 3 is 2.80 bits per heavy atom. The fraction of sp³-hybridized carbons (Fsp3) is 0.200. The van der Waals surface area contributed by atoms with Gasteiger partial charge in [0.15, 0.2) is 16.7 Å². The van der Waals surface area contributed by atoms with E-state index < -0.39 is 11.2 Å². The molecule has 10 heteroatoms. The van der Waals surface area contributed by atoms with E-state index in [9.17, 15) is 9.59 Å². The molecule has 30 heavy (non-hydrogen) atoms. The molecule has 0 unspecified atom stereocenters. The van der Waals surface area contributed by atoms with Crippen molar-refractivity contribution in [3.8, 4) is 11.5 Å². The molecule has 1 saturated heterocycles. The number of methoxy groups -OCH3 is 1.